The van der Waals surface area contributed by atoms with Gasteiger partial charge in [0.15, 0.2) is 11.2 Å². The van der Waals surface area contributed by atoms with E-state index in [-0.39, 0.29) is 17.0 Å². The zero-order valence-electron chi connectivity index (χ0n) is 9.37. The van der Waals surface area contributed by atoms with Gasteiger partial charge < -0.3 is 10.3 Å². The van der Waals surface area contributed by atoms with Gasteiger partial charge >= 0.3 is 0 Å². The first-order chi connectivity index (χ1) is 8.74. The van der Waals surface area contributed by atoms with Crippen LogP contribution in [0, 0.1) is 0 Å². The first-order valence-corrected chi connectivity index (χ1v) is 5.34. The quantitative estimate of drug-likeness (QED) is 0.665. The Morgan fingerprint density at radius 2 is 2.22 bits per heavy atom. The van der Waals surface area contributed by atoms with Crippen LogP contribution in [0.2, 0.25) is 0 Å². The monoisotopic (exact) mass is 242 g/mol. The summed E-state index contributed by atoms with van der Waals surface area (Å²) in [6, 6.07) is 5.63. The lowest BCUT2D eigenvalue weighted by atomic mass is 10.3. The fraction of sp³-hybridized carbons (Fsp3) is 0.0909. The molecule has 0 aliphatic heterocycles. The summed E-state index contributed by atoms with van der Waals surface area (Å²) in [5.74, 6) is 0.0790. The van der Waals surface area contributed by atoms with Crippen molar-refractivity contribution in [1.82, 2.24) is 24.5 Å². The molecule has 7 nitrogen and oxygen atoms in total. The lowest BCUT2D eigenvalue weighted by Crippen LogP contribution is -2.12. The summed E-state index contributed by atoms with van der Waals surface area (Å²) in [6.45, 7) is 0.493. The van der Waals surface area contributed by atoms with E-state index in [4.69, 9.17) is 5.73 Å². The third kappa shape index (κ3) is 1.71. The van der Waals surface area contributed by atoms with Crippen molar-refractivity contribution in [2.75, 3.05) is 5.73 Å². The molecule has 3 N–H and O–H groups in total. The molecular formula is C11H10N6O. The summed E-state index contributed by atoms with van der Waals surface area (Å²) in [6.07, 6.45) is 3.27. The van der Waals surface area contributed by atoms with Crippen LogP contribution < -0.4 is 11.3 Å². The summed E-state index contributed by atoms with van der Waals surface area (Å²) in [5.41, 5.74) is 6.78. The molecule has 0 bridgehead atoms. The second-order valence-electron chi connectivity index (χ2n) is 3.82. The molecule has 3 aromatic heterocycles. The zero-order chi connectivity index (χ0) is 12.5. The van der Waals surface area contributed by atoms with Gasteiger partial charge in [0.25, 0.3) is 5.56 Å². The number of H-pyrrole nitrogens is 1. The van der Waals surface area contributed by atoms with Gasteiger partial charge in [0.05, 0.1) is 18.6 Å². The maximum Gasteiger partial charge on any atom is 0.280 e. The molecule has 90 valence electrons. The molecule has 3 aromatic rings. The number of pyridine rings is 1. The van der Waals surface area contributed by atoms with Gasteiger partial charge in [0, 0.05) is 6.20 Å². The molecule has 0 saturated heterocycles. The molecule has 0 amide bonds. The van der Waals surface area contributed by atoms with Gasteiger partial charge in [-0.1, -0.05) is 6.07 Å². The molecule has 0 atom stereocenters. The van der Waals surface area contributed by atoms with Crippen molar-refractivity contribution in [3.63, 3.8) is 0 Å². The Labute approximate surface area is 101 Å². The predicted octanol–water partition coefficient (Wildman–Crippen LogP) is 0.145. The standard InChI is InChI=1S/C11H10N6O/c12-11-15-9-8(10(18)16-11)14-6-17(9)5-7-3-1-2-4-13-7/h1-4,6H,5H2,(H3,12,15,16,18). The zero-order valence-corrected chi connectivity index (χ0v) is 9.37. The maximum atomic E-state index is 11.6. The number of nitrogens with zero attached hydrogens (tertiary/aromatic N) is 4. The molecule has 0 radical (unpaired) electrons. The van der Waals surface area contributed by atoms with Gasteiger partial charge in [0.2, 0.25) is 5.95 Å². The van der Waals surface area contributed by atoms with Crippen LogP contribution >= 0.6 is 0 Å². The number of nitrogens with one attached hydrogen (secondary N) is 1. The highest BCUT2D eigenvalue weighted by Crippen LogP contribution is 2.08. The lowest BCUT2D eigenvalue weighted by Gasteiger charge is -2.02. The average Bonchev–Trinajstić information content (AvgIpc) is 2.74. The number of anilines is 1. The van der Waals surface area contributed by atoms with E-state index in [1.807, 2.05) is 18.2 Å². The molecule has 3 rings (SSSR count). The Bertz CT molecular complexity index is 745. The fourth-order valence-electron chi connectivity index (χ4n) is 1.75. The van der Waals surface area contributed by atoms with Crippen molar-refractivity contribution >= 4 is 17.1 Å². The molecule has 3 heterocycles. The van der Waals surface area contributed by atoms with E-state index in [1.54, 1.807) is 17.1 Å². The van der Waals surface area contributed by atoms with Gasteiger partial charge in [-0.25, -0.2) is 4.98 Å². The smallest absolute Gasteiger partial charge is 0.280 e. The predicted molar refractivity (Wildman–Crippen MR) is 65.9 cm³/mol. The van der Waals surface area contributed by atoms with Crippen molar-refractivity contribution in [1.29, 1.82) is 0 Å². The van der Waals surface area contributed by atoms with Crippen LogP contribution in [-0.2, 0) is 6.54 Å². The van der Waals surface area contributed by atoms with Crippen molar-refractivity contribution in [2.24, 2.45) is 0 Å². The van der Waals surface area contributed by atoms with E-state index in [9.17, 15) is 4.79 Å². The first-order valence-electron chi connectivity index (χ1n) is 5.34. The van der Waals surface area contributed by atoms with Crippen molar-refractivity contribution < 1.29 is 0 Å². The molecule has 0 spiro atoms. The number of nitrogen functional groups attached to an aromatic ring is 1. The van der Waals surface area contributed by atoms with Crippen LogP contribution in [0.1, 0.15) is 5.69 Å². The second-order valence-corrected chi connectivity index (χ2v) is 3.82. The van der Waals surface area contributed by atoms with Gasteiger partial charge in [-0.3, -0.25) is 14.8 Å². The molecule has 0 fully saturated rings. The van der Waals surface area contributed by atoms with Crippen molar-refractivity contribution in [3.05, 3.63) is 46.8 Å². The third-order valence-electron chi connectivity index (χ3n) is 2.55. The fourth-order valence-corrected chi connectivity index (χ4v) is 1.75. The highest BCUT2D eigenvalue weighted by Gasteiger charge is 2.09. The molecular weight excluding hydrogens is 232 g/mol. The largest absolute Gasteiger partial charge is 0.369 e. The Morgan fingerprint density at radius 1 is 1.33 bits per heavy atom. The number of hydrogen-bond acceptors (Lipinski definition) is 5. The summed E-state index contributed by atoms with van der Waals surface area (Å²) < 4.78 is 1.74. The lowest BCUT2D eigenvalue weighted by molar-refractivity contribution is 0.788. The number of nitrogens with two attached hydrogens (primary N) is 1. The highest BCUT2D eigenvalue weighted by atomic mass is 16.1. The molecule has 0 aliphatic rings. The topological polar surface area (TPSA) is 102 Å². The molecule has 0 saturated carbocycles. The molecule has 0 aliphatic carbocycles. The van der Waals surface area contributed by atoms with E-state index in [2.05, 4.69) is 19.9 Å². The number of rotatable bonds is 2. The van der Waals surface area contributed by atoms with Crippen LogP contribution in [0.3, 0.4) is 0 Å². The van der Waals surface area contributed by atoms with E-state index in [0.717, 1.165) is 5.69 Å². The van der Waals surface area contributed by atoms with E-state index in [1.165, 1.54) is 0 Å². The Hall–Kier alpha value is -2.70. The molecule has 0 aromatic carbocycles. The van der Waals surface area contributed by atoms with Crippen molar-refractivity contribution in [3.8, 4) is 0 Å². The van der Waals surface area contributed by atoms with Crippen LogP contribution in [-0.4, -0.2) is 24.5 Å². The number of imidazole rings is 1. The number of hydrogen-bond donors (Lipinski definition) is 2. The summed E-state index contributed by atoms with van der Waals surface area (Å²) in [4.78, 5) is 26.3. The Balaban J connectivity index is 2.11. The van der Waals surface area contributed by atoms with E-state index < -0.39 is 0 Å². The van der Waals surface area contributed by atoms with Crippen LogP contribution in [0.4, 0.5) is 5.95 Å². The van der Waals surface area contributed by atoms with Crippen molar-refractivity contribution in [2.45, 2.75) is 6.54 Å². The SMILES string of the molecule is Nc1nc2c(ncn2Cc2ccccn2)c(=O)[nH]1. The first kappa shape index (κ1) is 10.5. The minimum Gasteiger partial charge on any atom is -0.369 e. The van der Waals surface area contributed by atoms with Gasteiger partial charge in [-0.2, -0.15) is 4.98 Å². The number of aromatic nitrogens is 5. The number of aromatic amines is 1. The van der Waals surface area contributed by atoms with Gasteiger partial charge in [-0.15, -0.1) is 0 Å². The Morgan fingerprint density at radius 3 is 3.00 bits per heavy atom. The average molecular weight is 242 g/mol. The number of fused-ring (bicyclic) bond motifs is 1. The van der Waals surface area contributed by atoms with Crippen LogP contribution in [0.15, 0.2) is 35.5 Å². The van der Waals surface area contributed by atoms with Gasteiger partial charge in [-0.05, 0) is 12.1 Å². The summed E-state index contributed by atoms with van der Waals surface area (Å²) in [5, 5.41) is 0. The van der Waals surface area contributed by atoms with E-state index >= 15 is 0 Å². The van der Waals surface area contributed by atoms with Gasteiger partial charge in [0.1, 0.15) is 0 Å². The third-order valence-corrected chi connectivity index (χ3v) is 2.55. The molecule has 7 heteroatoms. The van der Waals surface area contributed by atoms with Crippen LogP contribution in [0.25, 0.3) is 11.2 Å². The summed E-state index contributed by atoms with van der Waals surface area (Å²) in [7, 11) is 0. The normalized spacial score (nSPS) is 10.9. The molecule has 0 unspecified atom stereocenters. The van der Waals surface area contributed by atoms with Crippen LogP contribution in [0.5, 0.6) is 0 Å². The maximum absolute atomic E-state index is 11.6. The minimum absolute atomic E-state index is 0.0790. The van der Waals surface area contributed by atoms with E-state index in [0.29, 0.717) is 12.2 Å². The summed E-state index contributed by atoms with van der Waals surface area (Å²) >= 11 is 0. The molecule has 18 heavy (non-hydrogen) atoms. The minimum atomic E-state index is -0.336. The Kier molecular flexibility index (Phi) is 2.30. The highest BCUT2D eigenvalue weighted by molar-refractivity contribution is 5.70. The second kappa shape index (κ2) is 3.95.